The van der Waals surface area contributed by atoms with Gasteiger partial charge >= 0.3 is 12.3 Å². The van der Waals surface area contributed by atoms with Crippen LogP contribution in [0.15, 0.2) is 0 Å². The summed E-state index contributed by atoms with van der Waals surface area (Å²) in [5.41, 5.74) is -0.654. The smallest absolute Gasteiger partial charge is 0.407 e. The first-order valence-electron chi connectivity index (χ1n) is 7.08. The Balaban J connectivity index is 1.99. The zero-order chi connectivity index (χ0) is 17.5. The molecule has 2 fully saturated rings. The van der Waals surface area contributed by atoms with Crippen molar-refractivity contribution >= 4 is 16.1 Å². The van der Waals surface area contributed by atoms with E-state index in [1.165, 1.54) is 4.90 Å². The van der Waals surface area contributed by atoms with Crippen LogP contribution < -0.4 is 0 Å². The van der Waals surface area contributed by atoms with Crippen LogP contribution in [-0.4, -0.2) is 79.1 Å². The van der Waals surface area contributed by atoms with E-state index in [1.54, 1.807) is 0 Å². The molecule has 0 aliphatic carbocycles. The SMILES string of the molecule is CN([C@H]1COC2(CCN(C(=O)O)CC2)C1)S(=O)(=O)CC(F)(F)F. The summed E-state index contributed by atoms with van der Waals surface area (Å²) in [6.07, 6.45) is -4.74. The van der Waals surface area contributed by atoms with E-state index in [4.69, 9.17) is 9.84 Å². The van der Waals surface area contributed by atoms with Crippen molar-refractivity contribution in [3.05, 3.63) is 0 Å². The zero-order valence-electron chi connectivity index (χ0n) is 12.5. The summed E-state index contributed by atoms with van der Waals surface area (Å²) in [6, 6.07) is -0.668. The molecule has 0 aromatic carbocycles. The van der Waals surface area contributed by atoms with Crippen molar-refractivity contribution in [3.63, 3.8) is 0 Å². The second kappa shape index (κ2) is 6.10. The Morgan fingerprint density at radius 3 is 2.43 bits per heavy atom. The molecule has 0 bridgehead atoms. The van der Waals surface area contributed by atoms with Crippen LogP contribution in [0, 0.1) is 0 Å². The molecule has 1 N–H and O–H groups in total. The van der Waals surface area contributed by atoms with Crippen molar-refractivity contribution in [2.24, 2.45) is 0 Å². The summed E-state index contributed by atoms with van der Waals surface area (Å²) in [7, 11) is -3.33. The molecule has 2 aliphatic heterocycles. The number of carboxylic acid groups (broad SMARTS) is 1. The van der Waals surface area contributed by atoms with Crippen LogP contribution >= 0.6 is 0 Å². The molecule has 0 unspecified atom stereocenters. The highest BCUT2D eigenvalue weighted by Crippen LogP contribution is 2.38. The van der Waals surface area contributed by atoms with Gasteiger partial charge in [-0.25, -0.2) is 13.2 Å². The number of nitrogens with zero attached hydrogens (tertiary/aromatic N) is 2. The standard InChI is InChI=1S/C12H19F3N2O5S/c1-16(23(20,21)8-12(13,14)15)9-6-11(22-7-9)2-4-17(5-3-11)10(18)19/h9H,2-8H2,1H3,(H,18,19)/t9-/m1/s1. The second-order valence-electron chi connectivity index (χ2n) is 6.01. The third-order valence-electron chi connectivity index (χ3n) is 4.43. The molecule has 1 atom stereocenters. The number of alkyl halides is 3. The highest BCUT2D eigenvalue weighted by Gasteiger charge is 2.47. The Labute approximate surface area is 132 Å². The highest BCUT2D eigenvalue weighted by molar-refractivity contribution is 7.89. The zero-order valence-corrected chi connectivity index (χ0v) is 13.4. The molecule has 23 heavy (non-hydrogen) atoms. The number of ether oxygens (including phenoxy) is 1. The Bertz CT molecular complexity index is 558. The number of piperidine rings is 1. The molecule has 134 valence electrons. The van der Waals surface area contributed by atoms with Gasteiger partial charge in [0, 0.05) is 20.1 Å². The van der Waals surface area contributed by atoms with E-state index in [9.17, 15) is 26.4 Å². The molecule has 0 aromatic heterocycles. The Morgan fingerprint density at radius 1 is 1.39 bits per heavy atom. The van der Waals surface area contributed by atoms with Crippen LogP contribution in [0.2, 0.25) is 0 Å². The van der Waals surface area contributed by atoms with Crippen LogP contribution in [0.1, 0.15) is 19.3 Å². The number of carbonyl (C=O) groups is 1. The van der Waals surface area contributed by atoms with Crippen LogP contribution in [-0.2, 0) is 14.8 Å². The summed E-state index contributed by atoms with van der Waals surface area (Å²) in [4.78, 5) is 12.1. The summed E-state index contributed by atoms with van der Waals surface area (Å²) >= 11 is 0. The van der Waals surface area contributed by atoms with Gasteiger partial charge in [-0.3, -0.25) is 0 Å². The summed E-state index contributed by atoms with van der Waals surface area (Å²) in [5.74, 6) is -1.90. The van der Waals surface area contributed by atoms with Crippen molar-refractivity contribution in [3.8, 4) is 0 Å². The number of hydrogen-bond donors (Lipinski definition) is 1. The van der Waals surface area contributed by atoms with Gasteiger partial charge < -0.3 is 14.7 Å². The Hall–Kier alpha value is -1.07. The van der Waals surface area contributed by atoms with E-state index >= 15 is 0 Å². The van der Waals surface area contributed by atoms with Gasteiger partial charge in [0.15, 0.2) is 5.75 Å². The van der Waals surface area contributed by atoms with Gasteiger partial charge in [-0.1, -0.05) is 0 Å². The first-order chi connectivity index (χ1) is 10.4. The molecule has 2 saturated heterocycles. The summed E-state index contributed by atoms with van der Waals surface area (Å²) < 4.78 is 67.1. The lowest BCUT2D eigenvalue weighted by atomic mass is 9.87. The van der Waals surface area contributed by atoms with Crippen LogP contribution in [0.3, 0.4) is 0 Å². The van der Waals surface area contributed by atoms with Gasteiger partial charge in [0.25, 0.3) is 0 Å². The molecule has 0 saturated carbocycles. The number of likely N-dealkylation sites (tertiary alicyclic amines) is 1. The van der Waals surface area contributed by atoms with Crippen molar-refractivity contribution in [2.75, 3.05) is 32.5 Å². The maximum atomic E-state index is 12.4. The normalized spacial score (nSPS) is 25.3. The largest absolute Gasteiger partial charge is 0.465 e. The fourth-order valence-electron chi connectivity index (χ4n) is 3.04. The predicted octanol–water partition coefficient (Wildman–Crippen LogP) is 1.11. The van der Waals surface area contributed by atoms with Crippen LogP contribution in [0.25, 0.3) is 0 Å². The van der Waals surface area contributed by atoms with E-state index in [1.807, 2.05) is 0 Å². The monoisotopic (exact) mass is 360 g/mol. The molecular weight excluding hydrogens is 341 g/mol. The van der Waals surface area contributed by atoms with E-state index in [0.29, 0.717) is 12.8 Å². The van der Waals surface area contributed by atoms with Gasteiger partial charge in [-0.15, -0.1) is 0 Å². The lowest BCUT2D eigenvalue weighted by Crippen LogP contribution is -2.47. The molecule has 0 aromatic rings. The highest BCUT2D eigenvalue weighted by atomic mass is 32.2. The number of halogens is 3. The minimum Gasteiger partial charge on any atom is -0.465 e. The minimum atomic E-state index is -4.79. The summed E-state index contributed by atoms with van der Waals surface area (Å²) in [5, 5.41) is 8.92. The van der Waals surface area contributed by atoms with E-state index in [-0.39, 0.29) is 26.1 Å². The first-order valence-corrected chi connectivity index (χ1v) is 8.69. The predicted molar refractivity (Wildman–Crippen MR) is 73.5 cm³/mol. The van der Waals surface area contributed by atoms with E-state index in [2.05, 4.69) is 0 Å². The maximum Gasteiger partial charge on any atom is 0.407 e. The molecule has 2 rings (SSSR count). The molecule has 0 radical (unpaired) electrons. The van der Waals surface area contributed by atoms with E-state index < -0.39 is 39.7 Å². The van der Waals surface area contributed by atoms with Crippen molar-refractivity contribution in [1.82, 2.24) is 9.21 Å². The van der Waals surface area contributed by atoms with Crippen LogP contribution in [0.5, 0.6) is 0 Å². The Kier molecular flexibility index (Phi) is 4.84. The van der Waals surface area contributed by atoms with Crippen molar-refractivity contribution in [2.45, 2.75) is 37.1 Å². The average molecular weight is 360 g/mol. The third-order valence-corrected chi connectivity index (χ3v) is 6.30. The number of sulfonamides is 1. The lowest BCUT2D eigenvalue weighted by molar-refractivity contribution is -0.107. The molecule has 1 amide bonds. The van der Waals surface area contributed by atoms with Gasteiger partial charge in [0.1, 0.15) is 0 Å². The van der Waals surface area contributed by atoms with Gasteiger partial charge in [-0.2, -0.15) is 17.5 Å². The quantitative estimate of drug-likeness (QED) is 0.815. The Morgan fingerprint density at radius 2 is 1.96 bits per heavy atom. The number of rotatable bonds is 3. The molecule has 2 heterocycles. The second-order valence-corrected chi connectivity index (χ2v) is 8.04. The van der Waals surface area contributed by atoms with E-state index in [0.717, 1.165) is 11.4 Å². The lowest BCUT2D eigenvalue weighted by Gasteiger charge is -2.37. The van der Waals surface area contributed by atoms with Crippen molar-refractivity contribution < 1.29 is 36.2 Å². The van der Waals surface area contributed by atoms with Crippen LogP contribution in [0.4, 0.5) is 18.0 Å². The summed E-state index contributed by atoms with van der Waals surface area (Å²) in [6.45, 7) is 0.544. The molecule has 2 aliphatic rings. The minimum absolute atomic E-state index is 0.0145. The maximum absolute atomic E-state index is 12.4. The third kappa shape index (κ3) is 4.27. The van der Waals surface area contributed by atoms with Crippen molar-refractivity contribution in [1.29, 1.82) is 0 Å². The molecule has 1 spiro atoms. The topological polar surface area (TPSA) is 87.2 Å². The average Bonchev–Trinajstić information content (AvgIpc) is 2.79. The van der Waals surface area contributed by atoms with Gasteiger partial charge in [-0.05, 0) is 19.3 Å². The molecular formula is C12H19F3N2O5S. The first kappa shape index (κ1) is 18.3. The number of amides is 1. The number of likely N-dealkylation sites (N-methyl/N-ethyl adjacent to an activating group) is 1. The fourth-order valence-corrected chi connectivity index (χ4v) is 4.25. The van der Waals surface area contributed by atoms with Gasteiger partial charge in [0.05, 0.1) is 18.2 Å². The number of hydrogen-bond acceptors (Lipinski definition) is 4. The molecule has 7 nitrogen and oxygen atoms in total. The molecule has 11 heteroatoms. The van der Waals surface area contributed by atoms with Gasteiger partial charge in [0.2, 0.25) is 10.0 Å². The fraction of sp³-hybridized carbons (Fsp3) is 0.917.